The zero-order chi connectivity index (χ0) is 18.9. The Labute approximate surface area is 161 Å². The summed E-state index contributed by atoms with van der Waals surface area (Å²) in [5.41, 5.74) is 3.50. The van der Waals surface area contributed by atoms with Crippen molar-refractivity contribution >= 4 is 20.7 Å². The third-order valence-corrected chi connectivity index (χ3v) is 7.45. The fourth-order valence-electron chi connectivity index (χ4n) is 4.05. The number of likely N-dealkylation sites (N-methyl/N-ethyl adjacent to an activating group) is 1. The van der Waals surface area contributed by atoms with E-state index in [0.717, 1.165) is 17.5 Å². The number of rotatable bonds is 6. The molecule has 0 saturated carbocycles. The average Bonchev–Trinajstić information content (AvgIpc) is 3.27. The first-order valence-electron chi connectivity index (χ1n) is 9.60. The van der Waals surface area contributed by atoms with Crippen LogP contribution in [0.15, 0.2) is 59.6 Å². The van der Waals surface area contributed by atoms with Crippen LogP contribution >= 0.6 is 0 Å². The molecule has 0 radical (unpaired) electrons. The van der Waals surface area contributed by atoms with E-state index in [1.54, 1.807) is 24.3 Å². The molecule has 1 aliphatic rings. The average molecular weight is 383 g/mol. The molecule has 1 N–H and O–H groups in total. The summed E-state index contributed by atoms with van der Waals surface area (Å²) >= 11 is 0. The number of aromatic nitrogens is 1. The van der Waals surface area contributed by atoms with Gasteiger partial charge >= 0.3 is 0 Å². The van der Waals surface area contributed by atoms with E-state index in [1.807, 2.05) is 6.07 Å². The standard InChI is InChI=1S/C22H26N2O2S/c1-24-12-5-6-19(24)15-18-16-23-22-14-17(9-10-21(18)22)11-13-27(25,26)20-7-3-2-4-8-20/h2-4,7-10,14,16,19,23H,5-6,11-13,15H2,1H3/t19-/m1/s1. The highest BCUT2D eigenvalue weighted by atomic mass is 32.2. The van der Waals surface area contributed by atoms with Gasteiger partial charge in [0.15, 0.2) is 9.84 Å². The van der Waals surface area contributed by atoms with Crippen molar-refractivity contribution in [3.05, 3.63) is 65.9 Å². The molecule has 142 valence electrons. The number of fused-ring (bicyclic) bond motifs is 1. The molecule has 1 aromatic heterocycles. The zero-order valence-electron chi connectivity index (χ0n) is 15.7. The molecular formula is C22H26N2O2S. The van der Waals surface area contributed by atoms with Crippen LogP contribution in [-0.2, 0) is 22.7 Å². The van der Waals surface area contributed by atoms with Crippen molar-refractivity contribution < 1.29 is 8.42 Å². The molecule has 2 heterocycles. The number of sulfone groups is 1. The summed E-state index contributed by atoms with van der Waals surface area (Å²) < 4.78 is 25.0. The number of hydrogen-bond acceptors (Lipinski definition) is 3. The normalized spacial score (nSPS) is 18.3. The molecule has 1 atom stereocenters. The van der Waals surface area contributed by atoms with Crippen LogP contribution in [0.25, 0.3) is 10.9 Å². The van der Waals surface area contributed by atoms with Crippen LogP contribution in [0.1, 0.15) is 24.0 Å². The summed E-state index contributed by atoms with van der Waals surface area (Å²) in [5, 5.41) is 1.25. The van der Waals surface area contributed by atoms with Crippen molar-refractivity contribution in [1.82, 2.24) is 9.88 Å². The molecule has 0 aliphatic carbocycles. The molecule has 0 bridgehead atoms. The maximum absolute atomic E-state index is 12.5. The molecule has 5 heteroatoms. The molecule has 0 amide bonds. The number of H-pyrrole nitrogens is 1. The van der Waals surface area contributed by atoms with E-state index in [1.165, 1.54) is 30.3 Å². The van der Waals surface area contributed by atoms with Gasteiger partial charge in [0.2, 0.25) is 0 Å². The molecule has 0 unspecified atom stereocenters. The fraction of sp³-hybridized carbons (Fsp3) is 0.364. The molecule has 1 aliphatic heterocycles. The maximum atomic E-state index is 12.5. The van der Waals surface area contributed by atoms with Gasteiger partial charge in [-0.05, 0) is 68.6 Å². The molecule has 4 rings (SSSR count). The predicted molar refractivity (Wildman–Crippen MR) is 110 cm³/mol. The summed E-state index contributed by atoms with van der Waals surface area (Å²) in [6.45, 7) is 1.19. The summed E-state index contributed by atoms with van der Waals surface area (Å²) in [5.74, 6) is 0.128. The van der Waals surface area contributed by atoms with Gasteiger partial charge in [0.25, 0.3) is 0 Å². The Morgan fingerprint density at radius 2 is 1.96 bits per heavy atom. The Kier molecular flexibility index (Phi) is 5.06. The summed E-state index contributed by atoms with van der Waals surface area (Å²) in [6, 6.07) is 15.6. The lowest BCUT2D eigenvalue weighted by atomic mass is 10.0. The lowest BCUT2D eigenvalue weighted by molar-refractivity contribution is 0.310. The van der Waals surface area contributed by atoms with Crippen LogP contribution in [-0.4, -0.2) is 43.7 Å². The Hall–Kier alpha value is -2.11. The number of aromatic amines is 1. The van der Waals surface area contributed by atoms with Crippen molar-refractivity contribution in [1.29, 1.82) is 0 Å². The van der Waals surface area contributed by atoms with Gasteiger partial charge in [0, 0.05) is 23.1 Å². The smallest absolute Gasteiger partial charge is 0.178 e. The van der Waals surface area contributed by atoms with Crippen LogP contribution < -0.4 is 0 Å². The van der Waals surface area contributed by atoms with Crippen LogP contribution in [0, 0.1) is 0 Å². The highest BCUT2D eigenvalue weighted by Gasteiger charge is 2.22. The largest absolute Gasteiger partial charge is 0.361 e. The van der Waals surface area contributed by atoms with Gasteiger partial charge in [-0.25, -0.2) is 8.42 Å². The summed E-state index contributed by atoms with van der Waals surface area (Å²) in [4.78, 5) is 6.22. The first kappa shape index (κ1) is 18.3. The number of likely N-dealkylation sites (tertiary alicyclic amines) is 1. The Balaban J connectivity index is 1.48. The zero-order valence-corrected chi connectivity index (χ0v) is 16.5. The van der Waals surface area contributed by atoms with Crippen molar-refractivity contribution in [2.45, 2.75) is 36.6 Å². The van der Waals surface area contributed by atoms with E-state index in [2.05, 4.69) is 41.3 Å². The highest BCUT2D eigenvalue weighted by Crippen LogP contribution is 2.25. The second-order valence-electron chi connectivity index (χ2n) is 7.56. The van der Waals surface area contributed by atoms with Crippen molar-refractivity contribution in [2.75, 3.05) is 19.3 Å². The highest BCUT2D eigenvalue weighted by molar-refractivity contribution is 7.91. The molecule has 0 spiro atoms. The minimum Gasteiger partial charge on any atom is -0.361 e. The van der Waals surface area contributed by atoms with Crippen LogP contribution in [0.3, 0.4) is 0 Å². The molecule has 27 heavy (non-hydrogen) atoms. The molecule has 2 aromatic carbocycles. The number of aryl methyl sites for hydroxylation is 1. The van der Waals surface area contributed by atoms with E-state index in [-0.39, 0.29) is 5.75 Å². The van der Waals surface area contributed by atoms with Gasteiger partial charge in [-0.2, -0.15) is 0 Å². The number of benzene rings is 2. The Bertz CT molecular complexity index is 1020. The van der Waals surface area contributed by atoms with Crippen molar-refractivity contribution in [3.63, 3.8) is 0 Å². The minimum absolute atomic E-state index is 0.128. The maximum Gasteiger partial charge on any atom is 0.178 e. The summed E-state index contributed by atoms with van der Waals surface area (Å²) in [6.07, 6.45) is 6.24. The van der Waals surface area contributed by atoms with E-state index < -0.39 is 9.84 Å². The van der Waals surface area contributed by atoms with E-state index in [4.69, 9.17) is 0 Å². The van der Waals surface area contributed by atoms with E-state index in [0.29, 0.717) is 17.4 Å². The molecule has 1 fully saturated rings. The van der Waals surface area contributed by atoms with Gasteiger partial charge in [0.1, 0.15) is 0 Å². The van der Waals surface area contributed by atoms with Crippen molar-refractivity contribution in [3.8, 4) is 0 Å². The Morgan fingerprint density at radius 3 is 2.70 bits per heavy atom. The second kappa shape index (κ2) is 7.49. The van der Waals surface area contributed by atoms with Gasteiger partial charge in [0.05, 0.1) is 10.6 Å². The van der Waals surface area contributed by atoms with Gasteiger partial charge < -0.3 is 9.88 Å². The third-order valence-electron chi connectivity index (χ3n) is 5.72. The molecule has 3 aromatic rings. The van der Waals surface area contributed by atoms with Gasteiger partial charge in [-0.1, -0.05) is 30.3 Å². The van der Waals surface area contributed by atoms with E-state index in [9.17, 15) is 8.42 Å². The lowest BCUT2D eigenvalue weighted by Gasteiger charge is -2.18. The third kappa shape index (κ3) is 3.94. The van der Waals surface area contributed by atoms with Crippen LogP contribution in [0.5, 0.6) is 0 Å². The van der Waals surface area contributed by atoms with Crippen LogP contribution in [0.4, 0.5) is 0 Å². The monoisotopic (exact) mass is 382 g/mol. The topological polar surface area (TPSA) is 53.2 Å². The number of hydrogen-bond donors (Lipinski definition) is 1. The van der Waals surface area contributed by atoms with Gasteiger partial charge in [-0.3, -0.25) is 0 Å². The predicted octanol–water partition coefficient (Wildman–Crippen LogP) is 3.82. The quantitative estimate of drug-likeness (QED) is 0.705. The summed E-state index contributed by atoms with van der Waals surface area (Å²) in [7, 11) is -1.04. The first-order chi connectivity index (χ1) is 13.0. The molecular weight excluding hydrogens is 356 g/mol. The SMILES string of the molecule is CN1CCC[C@@H]1Cc1c[nH]c2cc(CCS(=O)(=O)c3ccccc3)ccc12. The van der Waals surface area contributed by atoms with Crippen LogP contribution in [0.2, 0.25) is 0 Å². The van der Waals surface area contributed by atoms with Gasteiger partial charge in [-0.15, -0.1) is 0 Å². The van der Waals surface area contributed by atoms with Crippen molar-refractivity contribution in [2.24, 2.45) is 0 Å². The molecule has 1 saturated heterocycles. The number of nitrogens with one attached hydrogen (secondary N) is 1. The van der Waals surface area contributed by atoms with E-state index >= 15 is 0 Å². The first-order valence-corrected chi connectivity index (χ1v) is 11.2. The fourth-order valence-corrected chi connectivity index (χ4v) is 5.36. The lowest BCUT2D eigenvalue weighted by Crippen LogP contribution is -2.26. The minimum atomic E-state index is -3.24. The molecule has 4 nitrogen and oxygen atoms in total. The number of nitrogens with zero attached hydrogens (tertiary/aromatic N) is 1. The Morgan fingerprint density at radius 1 is 1.15 bits per heavy atom. The second-order valence-corrected chi connectivity index (χ2v) is 9.67.